The van der Waals surface area contributed by atoms with Gasteiger partial charge in [0.05, 0.1) is 11.0 Å². The average Bonchev–Trinajstić information content (AvgIpc) is 3.21. The summed E-state index contributed by atoms with van der Waals surface area (Å²) in [5.41, 5.74) is 3.01. The molecule has 0 atom stereocenters. The molecule has 0 amide bonds. The van der Waals surface area contributed by atoms with Crippen molar-refractivity contribution in [1.82, 2.24) is 19.4 Å². The van der Waals surface area contributed by atoms with Gasteiger partial charge in [0.2, 0.25) is 5.65 Å². The van der Waals surface area contributed by atoms with Crippen LogP contribution in [0.5, 0.6) is 0 Å². The summed E-state index contributed by atoms with van der Waals surface area (Å²) in [4.78, 5) is 23.7. The number of benzene rings is 1. The molecule has 5 nitrogen and oxygen atoms in total. The molecule has 1 N–H and O–H groups in total. The van der Waals surface area contributed by atoms with Gasteiger partial charge in [-0.3, -0.25) is 14.2 Å². The van der Waals surface area contributed by atoms with E-state index in [2.05, 4.69) is 27.1 Å². The molecule has 0 saturated heterocycles. The van der Waals surface area contributed by atoms with E-state index in [4.69, 9.17) is 0 Å². The number of aromatic amines is 1. The molecule has 0 unspecified atom stereocenters. The van der Waals surface area contributed by atoms with E-state index >= 15 is 0 Å². The molecular weight excluding hydrogens is 300 g/mol. The number of hydrogen-bond acceptors (Lipinski definition) is 3. The van der Waals surface area contributed by atoms with Crippen LogP contribution in [-0.4, -0.2) is 19.4 Å². The summed E-state index contributed by atoms with van der Waals surface area (Å²) in [5.74, 6) is 0. The van der Waals surface area contributed by atoms with Crippen LogP contribution in [-0.2, 0) is 0 Å². The Balaban J connectivity index is 2.10. The molecule has 0 aliphatic carbocycles. The van der Waals surface area contributed by atoms with Crippen molar-refractivity contribution in [2.75, 3.05) is 0 Å². The lowest BCUT2D eigenvalue weighted by Crippen LogP contribution is -2.13. The molecule has 0 spiro atoms. The van der Waals surface area contributed by atoms with Crippen LogP contribution < -0.4 is 10.8 Å². The van der Waals surface area contributed by atoms with Crippen LogP contribution >= 0.6 is 0 Å². The molecule has 114 valence electrons. The molecule has 0 saturated carbocycles. The molecule has 5 rings (SSSR count). The van der Waals surface area contributed by atoms with Gasteiger partial charge in [-0.1, -0.05) is 30.3 Å². The standard InChI is InChI=1S/C19H12N4O/c24-19-18-21-8-9-23(18)17-15(10-12-4-3-7-20-11-12)13-5-1-2-6-14(13)16(17)22-19/h1-11H,(H,22,24)/b15-10+. The fraction of sp³-hybridized carbons (Fsp3) is 0. The lowest BCUT2D eigenvalue weighted by Gasteiger charge is -1.98. The summed E-state index contributed by atoms with van der Waals surface area (Å²) >= 11 is 0. The summed E-state index contributed by atoms with van der Waals surface area (Å²) in [6, 6.07) is 12.0. The first kappa shape index (κ1) is 13.0. The van der Waals surface area contributed by atoms with Crippen molar-refractivity contribution in [2.24, 2.45) is 0 Å². The van der Waals surface area contributed by atoms with Crippen molar-refractivity contribution in [2.45, 2.75) is 0 Å². The van der Waals surface area contributed by atoms with Gasteiger partial charge in [0.1, 0.15) is 0 Å². The Morgan fingerprint density at radius 3 is 2.75 bits per heavy atom. The van der Waals surface area contributed by atoms with Gasteiger partial charge < -0.3 is 4.98 Å². The van der Waals surface area contributed by atoms with Crippen LogP contribution in [0, 0.1) is 0 Å². The molecule has 0 radical (unpaired) electrons. The monoisotopic (exact) mass is 312 g/mol. The van der Waals surface area contributed by atoms with Crippen LogP contribution in [0.1, 0.15) is 5.56 Å². The fourth-order valence-corrected chi connectivity index (χ4v) is 3.30. The van der Waals surface area contributed by atoms with Gasteiger partial charge in [0.25, 0.3) is 5.56 Å². The zero-order chi connectivity index (χ0) is 16.1. The van der Waals surface area contributed by atoms with E-state index < -0.39 is 0 Å². The van der Waals surface area contributed by atoms with Gasteiger partial charge >= 0.3 is 0 Å². The summed E-state index contributed by atoms with van der Waals surface area (Å²) < 4.78 is 1.86. The van der Waals surface area contributed by atoms with Crippen molar-refractivity contribution in [1.29, 1.82) is 0 Å². The summed E-state index contributed by atoms with van der Waals surface area (Å²) in [6.07, 6.45) is 9.14. The van der Waals surface area contributed by atoms with E-state index in [1.165, 1.54) is 0 Å². The van der Waals surface area contributed by atoms with E-state index in [0.717, 1.165) is 32.6 Å². The maximum Gasteiger partial charge on any atom is 0.292 e. The third kappa shape index (κ3) is 1.72. The Morgan fingerprint density at radius 1 is 1.04 bits per heavy atom. The van der Waals surface area contributed by atoms with Crippen LogP contribution in [0.25, 0.3) is 33.5 Å². The van der Waals surface area contributed by atoms with Crippen molar-refractivity contribution in [3.63, 3.8) is 0 Å². The van der Waals surface area contributed by atoms with Crippen molar-refractivity contribution in [3.8, 4) is 0 Å². The van der Waals surface area contributed by atoms with Gasteiger partial charge in [0.15, 0.2) is 0 Å². The van der Waals surface area contributed by atoms with Gasteiger partial charge in [-0.2, -0.15) is 0 Å². The second-order valence-electron chi connectivity index (χ2n) is 5.69. The lowest BCUT2D eigenvalue weighted by molar-refractivity contribution is 1.17. The largest absolute Gasteiger partial charge is 0.317 e. The molecule has 3 aromatic heterocycles. The number of fused-ring (bicyclic) bond motifs is 5. The third-order valence-electron chi connectivity index (χ3n) is 4.30. The molecule has 2 aromatic carbocycles. The molecule has 0 bridgehead atoms. The number of rotatable bonds is 1. The first-order valence-electron chi connectivity index (χ1n) is 7.64. The molecule has 0 fully saturated rings. The Kier molecular flexibility index (Phi) is 2.58. The second kappa shape index (κ2) is 4.76. The Bertz CT molecular complexity index is 1320. The van der Waals surface area contributed by atoms with Crippen LogP contribution in [0.3, 0.4) is 0 Å². The van der Waals surface area contributed by atoms with Gasteiger partial charge in [0, 0.05) is 35.4 Å². The number of nitrogens with one attached hydrogen (secondary N) is 1. The van der Waals surface area contributed by atoms with Crippen molar-refractivity contribution in [3.05, 3.63) is 82.3 Å². The lowest BCUT2D eigenvalue weighted by atomic mass is 10.2. The highest BCUT2D eigenvalue weighted by molar-refractivity contribution is 6.10. The maximum atomic E-state index is 12.3. The molecule has 5 heteroatoms. The molecule has 3 heterocycles. The first-order valence-corrected chi connectivity index (χ1v) is 7.64. The minimum absolute atomic E-state index is 0.184. The summed E-state index contributed by atoms with van der Waals surface area (Å²) in [6.45, 7) is 0. The average molecular weight is 312 g/mol. The Labute approximate surface area is 135 Å². The van der Waals surface area contributed by atoms with E-state index in [1.54, 1.807) is 12.4 Å². The number of H-pyrrole nitrogens is 1. The van der Waals surface area contributed by atoms with Crippen LogP contribution in [0.2, 0.25) is 0 Å². The van der Waals surface area contributed by atoms with E-state index in [-0.39, 0.29) is 5.56 Å². The predicted octanol–water partition coefficient (Wildman–Crippen LogP) is 2.27. The highest BCUT2D eigenvalue weighted by atomic mass is 16.1. The summed E-state index contributed by atoms with van der Waals surface area (Å²) in [5, 5.41) is 3.16. The highest BCUT2D eigenvalue weighted by Crippen LogP contribution is 2.22. The van der Waals surface area contributed by atoms with Crippen molar-refractivity contribution < 1.29 is 0 Å². The van der Waals surface area contributed by atoms with Gasteiger partial charge in [-0.05, 0) is 23.1 Å². The maximum absolute atomic E-state index is 12.3. The zero-order valence-electron chi connectivity index (χ0n) is 12.6. The third-order valence-corrected chi connectivity index (χ3v) is 4.30. The molecular formula is C19H12N4O. The Hall–Kier alpha value is -3.47. The fourth-order valence-electron chi connectivity index (χ4n) is 3.30. The number of nitrogens with zero attached hydrogens (tertiary/aromatic N) is 3. The number of aromatic nitrogens is 4. The normalized spacial score (nSPS) is 12.6. The Morgan fingerprint density at radius 2 is 1.92 bits per heavy atom. The van der Waals surface area contributed by atoms with Crippen LogP contribution in [0.4, 0.5) is 0 Å². The first-order chi connectivity index (χ1) is 11.8. The smallest absolute Gasteiger partial charge is 0.292 e. The van der Waals surface area contributed by atoms with E-state index in [9.17, 15) is 4.79 Å². The van der Waals surface area contributed by atoms with E-state index in [0.29, 0.717) is 5.65 Å². The zero-order valence-corrected chi connectivity index (χ0v) is 12.6. The van der Waals surface area contributed by atoms with Crippen LogP contribution in [0.15, 0.2) is 66.0 Å². The minimum atomic E-state index is -0.184. The number of imidazole rings is 1. The quantitative estimate of drug-likeness (QED) is 0.516. The summed E-state index contributed by atoms with van der Waals surface area (Å²) in [7, 11) is 0. The highest BCUT2D eigenvalue weighted by Gasteiger charge is 2.13. The van der Waals surface area contributed by atoms with Crippen molar-refractivity contribution >= 4 is 33.5 Å². The second-order valence-corrected chi connectivity index (χ2v) is 5.69. The number of pyridine rings is 1. The molecule has 0 aliphatic heterocycles. The predicted molar refractivity (Wildman–Crippen MR) is 93.8 cm³/mol. The SMILES string of the molecule is O=c1[nH]c2c3ccccc3/c(=C\c3cccnc3)c2n2ccnc12. The molecule has 24 heavy (non-hydrogen) atoms. The van der Waals surface area contributed by atoms with Gasteiger partial charge in [-0.15, -0.1) is 0 Å². The number of hydrogen-bond donors (Lipinski definition) is 1. The van der Waals surface area contributed by atoms with Gasteiger partial charge in [-0.25, -0.2) is 4.98 Å². The minimum Gasteiger partial charge on any atom is -0.317 e. The topological polar surface area (TPSA) is 63.0 Å². The molecule has 5 aromatic rings. The molecule has 0 aliphatic rings. The van der Waals surface area contributed by atoms with E-state index in [1.807, 2.05) is 47.1 Å².